The van der Waals surface area contributed by atoms with Gasteiger partial charge in [0.1, 0.15) is 5.75 Å². The fourth-order valence-corrected chi connectivity index (χ4v) is 3.22. The molecule has 2 amide bonds. The molecule has 2 aromatic carbocycles. The van der Waals surface area contributed by atoms with Crippen LogP contribution in [0.1, 0.15) is 17.5 Å². The summed E-state index contributed by atoms with van der Waals surface area (Å²) in [5, 5.41) is 13.8. The summed E-state index contributed by atoms with van der Waals surface area (Å²) < 4.78 is 5.22. The second kappa shape index (κ2) is 7.67. The summed E-state index contributed by atoms with van der Waals surface area (Å²) in [4.78, 5) is 37.1. The lowest BCUT2D eigenvalue weighted by Crippen LogP contribution is -2.28. The Hall–Kier alpha value is -3.42. The quantitative estimate of drug-likeness (QED) is 0.631. The fraction of sp³-hybridized carbons (Fsp3) is 0.300. The number of amides is 2. The smallest absolute Gasteiger partial charge is 0.273 e. The number of anilines is 2. The van der Waals surface area contributed by atoms with Crippen molar-refractivity contribution in [2.45, 2.75) is 20.3 Å². The molecule has 0 aromatic heterocycles. The Bertz CT molecular complexity index is 957. The lowest BCUT2D eigenvalue weighted by molar-refractivity contribution is -0.384. The Labute approximate surface area is 162 Å². The molecule has 0 bridgehead atoms. The number of methoxy groups -OCH3 is 1. The van der Waals surface area contributed by atoms with Gasteiger partial charge in [0.05, 0.1) is 29.7 Å². The highest BCUT2D eigenvalue weighted by Gasteiger charge is 2.36. The van der Waals surface area contributed by atoms with E-state index in [4.69, 9.17) is 4.74 Å². The van der Waals surface area contributed by atoms with E-state index in [2.05, 4.69) is 5.32 Å². The Morgan fingerprint density at radius 3 is 2.68 bits per heavy atom. The van der Waals surface area contributed by atoms with Gasteiger partial charge >= 0.3 is 0 Å². The number of nitrogens with zero attached hydrogens (tertiary/aromatic N) is 2. The molecule has 146 valence electrons. The molecular formula is C20H21N3O5. The number of nitro benzene ring substituents is 1. The lowest BCUT2D eigenvalue weighted by atomic mass is 10.1. The van der Waals surface area contributed by atoms with Crippen molar-refractivity contribution in [3.63, 3.8) is 0 Å². The maximum absolute atomic E-state index is 12.7. The fourth-order valence-electron chi connectivity index (χ4n) is 3.22. The standard InChI is InChI=1S/C20H21N3O5/c1-12-4-5-13(2)16(8-12)21-20(25)14-9-19(24)22(11-14)17-7-6-15(23(26)27)10-18(17)28-3/h4-8,10,14H,9,11H2,1-3H3,(H,21,25)/t14-/m1/s1. The molecule has 0 spiro atoms. The number of nitro groups is 1. The molecule has 28 heavy (non-hydrogen) atoms. The van der Waals surface area contributed by atoms with Crippen molar-refractivity contribution in [3.8, 4) is 5.75 Å². The number of nitrogens with one attached hydrogen (secondary N) is 1. The minimum Gasteiger partial charge on any atom is -0.494 e. The summed E-state index contributed by atoms with van der Waals surface area (Å²) in [5.74, 6) is -0.760. The van der Waals surface area contributed by atoms with Crippen LogP contribution in [0, 0.1) is 29.9 Å². The van der Waals surface area contributed by atoms with Crippen molar-refractivity contribution >= 4 is 28.9 Å². The van der Waals surface area contributed by atoms with Crippen LogP contribution in [-0.2, 0) is 9.59 Å². The molecule has 1 aliphatic rings. The van der Waals surface area contributed by atoms with Crippen LogP contribution < -0.4 is 15.0 Å². The number of hydrogen-bond acceptors (Lipinski definition) is 5. The van der Waals surface area contributed by atoms with Crippen molar-refractivity contribution in [2.75, 3.05) is 23.9 Å². The van der Waals surface area contributed by atoms with Gasteiger partial charge in [0, 0.05) is 24.7 Å². The molecule has 0 saturated carbocycles. The number of aryl methyl sites for hydroxylation is 2. The average Bonchev–Trinajstić information content (AvgIpc) is 3.05. The first kappa shape index (κ1) is 19.3. The van der Waals surface area contributed by atoms with Gasteiger partial charge in [-0.05, 0) is 37.1 Å². The van der Waals surface area contributed by atoms with Crippen molar-refractivity contribution in [2.24, 2.45) is 5.92 Å². The van der Waals surface area contributed by atoms with Gasteiger partial charge in [-0.1, -0.05) is 12.1 Å². The van der Waals surface area contributed by atoms with E-state index in [0.717, 1.165) is 16.8 Å². The van der Waals surface area contributed by atoms with E-state index in [0.29, 0.717) is 5.69 Å². The molecule has 8 heteroatoms. The first-order valence-corrected chi connectivity index (χ1v) is 8.81. The molecule has 1 atom stereocenters. The molecule has 1 saturated heterocycles. The van der Waals surface area contributed by atoms with Crippen molar-refractivity contribution in [3.05, 3.63) is 57.6 Å². The normalized spacial score (nSPS) is 16.2. The minimum absolute atomic E-state index is 0.0663. The van der Waals surface area contributed by atoms with Gasteiger partial charge in [-0.2, -0.15) is 0 Å². The van der Waals surface area contributed by atoms with Crippen LogP contribution in [0.25, 0.3) is 0 Å². The maximum Gasteiger partial charge on any atom is 0.273 e. The van der Waals surface area contributed by atoms with E-state index in [-0.39, 0.29) is 36.2 Å². The molecule has 2 aromatic rings. The van der Waals surface area contributed by atoms with Gasteiger partial charge in [-0.25, -0.2) is 0 Å². The number of rotatable bonds is 5. The molecule has 0 aliphatic carbocycles. The van der Waals surface area contributed by atoms with Crippen LogP contribution in [0.3, 0.4) is 0 Å². The van der Waals surface area contributed by atoms with Crippen molar-refractivity contribution in [1.82, 2.24) is 0 Å². The van der Waals surface area contributed by atoms with E-state index < -0.39 is 10.8 Å². The molecule has 8 nitrogen and oxygen atoms in total. The minimum atomic E-state index is -0.529. The third-order valence-corrected chi connectivity index (χ3v) is 4.81. The molecule has 1 aliphatic heterocycles. The Balaban J connectivity index is 1.79. The molecule has 1 N–H and O–H groups in total. The van der Waals surface area contributed by atoms with Crippen molar-refractivity contribution < 1.29 is 19.2 Å². The van der Waals surface area contributed by atoms with E-state index in [9.17, 15) is 19.7 Å². The van der Waals surface area contributed by atoms with E-state index in [1.165, 1.54) is 30.2 Å². The molecule has 0 unspecified atom stereocenters. The molecule has 1 fully saturated rings. The highest BCUT2D eigenvalue weighted by molar-refractivity contribution is 6.04. The predicted octanol–water partition coefficient (Wildman–Crippen LogP) is 3.21. The van der Waals surface area contributed by atoms with Gasteiger partial charge in [0.2, 0.25) is 11.8 Å². The maximum atomic E-state index is 12.7. The number of hydrogen-bond donors (Lipinski definition) is 1. The number of carbonyl (C=O) groups excluding carboxylic acids is 2. The van der Waals surface area contributed by atoms with Gasteiger partial charge in [-0.3, -0.25) is 19.7 Å². The van der Waals surface area contributed by atoms with Crippen LogP contribution in [0.15, 0.2) is 36.4 Å². The third kappa shape index (κ3) is 3.80. The second-order valence-electron chi connectivity index (χ2n) is 6.83. The number of non-ortho nitro benzene ring substituents is 1. The zero-order valence-electron chi connectivity index (χ0n) is 15.9. The van der Waals surface area contributed by atoms with Gasteiger partial charge in [-0.15, -0.1) is 0 Å². The van der Waals surface area contributed by atoms with E-state index >= 15 is 0 Å². The van der Waals surface area contributed by atoms with Crippen LogP contribution in [0.2, 0.25) is 0 Å². The Morgan fingerprint density at radius 1 is 1.25 bits per heavy atom. The first-order chi connectivity index (χ1) is 13.3. The predicted molar refractivity (Wildman–Crippen MR) is 105 cm³/mol. The van der Waals surface area contributed by atoms with Crippen LogP contribution in [0.5, 0.6) is 5.75 Å². The second-order valence-corrected chi connectivity index (χ2v) is 6.83. The number of benzene rings is 2. The van der Waals surface area contributed by atoms with E-state index in [1.807, 2.05) is 32.0 Å². The summed E-state index contributed by atoms with van der Waals surface area (Å²) >= 11 is 0. The highest BCUT2D eigenvalue weighted by atomic mass is 16.6. The third-order valence-electron chi connectivity index (χ3n) is 4.81. The van der Waals surface area contributed by atoms with Crippen LogP contribution in [-0.4, -0.2) is 30.4 Å². The van der Waals surface area contributed by atoms with Crippen molar-refractivity contribution in [1.29, 1.82) is 0 Å². The number of carbonyl (C=O) groups is 2. The summed E-state index contributed by atoms with van der Waals surface area (Å²) in [7, 11) is 1.38. The molecule has 0 radical (unpaired) electrons. The zero-order chi connectivity index (χ0) is 20.4. The SMILES string of the molecule is COc1cc([N+](=O)[O-])ccc1N1C[C@H](C(=O)Nc2cc(C)ccc2C)CC1=O. The summed E-state index contributed by atoms with van der Waals surface area (Å²) in [6.45, 7) is 4.03. The van der Waals surface area contributed by atoms with Gasteiger partial charge in [0.25, 0.3) is 5.69 Å². The van der Waals surface area contributed by atoms with Crippen LogP contribution >= 0.6 is 0 Å². The van der Waals surface area contributed by atoms with Gasteiger partial charge < -0.3 is 15.0 Å². The average molecular weight is 383 g/mol. The molecule has 1 heterocycles. The lowest BCUT2D eigenvalue weighted by Gasteiger charge is -2.19. The van der Waals surface area contributed by atoms with Crippen LogP contribution in [0.4, 0.5) is 17.1 Å². The summed E-state index contributed by atoms with van der Waals surface area (Å²) in [6.07, 6.45) is 0.0663. The largest absolute Gasteiger partial charge is 0.494 e. The van der Waals surface area contributed by atoms with E-state index in [1.54, 1.807) is 0 Å². The molecular weight excluding hydrogens is 362 g/mol. The summed E-state index contributed by atoms with van der Waals surface area (Å²) in [6, 6.07) is 9.84. The monoisotopic (exact) mass is 383 g/mol. The Morgan fingerprint density at radius 2 is 2.00 bits per heavy atom. The Kier molecular flexibility index (Phi) is 5.30. The molecule has 3 rings (SSSR count). The number of ether oxygens (including phenoxy) is 1. The van der Waals surface area contributed by atoms with Gasteiger partial charge in [0.15, 0.2) is 0 Å². The zero-order valence-corrected chi connectivity index (χ0v) is 15.9. The highest BCUT2D eigenvalue weighted by Crippen LogP contribution is 2.36. The first-order valence-electron chi connectivity index (χ1n) is 8.81. The summed E-state index contributed by atoms with van der Waals surface area (Å²) in [5.41, 5.74) is 2.98. The topological polar surface area (TPSA) is 102 Å².